The second-order valence-corrected chi connectivity index (χ2v) is 6.23. The SMILES string of the molecule is Cc1cc(COC(=O)/C=C/c2cc(C)n(-c3nccs3)c2C)on1. The van der Waals surface area contributed by atoms with Crippen molar-refractivity contribution >= 4 is 23.4 Å². The number of aromatic nitrogens is 3. The number of nitrogens with zero attached hydrogens (tertiary/aromatic N) is 3. The number of hydrogen-bond donors (Lipinski definition) is 0. The van der Waals surface area contributed by atoms with Crippen molar-refractivity contribution < 1.29 is 14.1 Å². The second kappa shape index (κ2) is 6.84. The minimum atomic E-state index is -0.428. The van der Waals surface area contributed by atoms with Crippen LogP contribution in [-0.2, 0) is 16.1 Å². The third-order valence-corrected chi connectivity index (χ3v) is 4.27. The standard InChI is InChI=1S/C17H17N3O3S/c1-11-8-15(23-19-11)10-22-16(21)5-4-14-9-12(2)20(13(14)3)17-18-6-7-24-17/h4-9H,10H2,1-3H3/b5-4+. The van der Waals surface area contributed by atoms with E-state index in [1.807, 2.05) is 32.2 Å². The van der Waals surface area contributed by atoms with Crippen LogP contribution in [0.3, 0.4) is 0 Å². The van der Waals surface area contributed by atoms with Gasteiger partial charge in [0.25, 0.3) is 0 Å². The fourth-order valence-corrected chi connectivity index (χ4v) is 3.16. The van der Waals surface area contributed by atoms with Crippen LogP contribution < -0.4 is 0 Å². The lowest BCUT2D eigenvalue weighted by atomic mass is 10.2. The Balaban J connectivity index is 1.68. The molecule has 3 heterocycles. The predicted molar refractivity (Wildman–Crippen MR) is 91.0 cm³/mol. The highest BCUT2D eigenvalue weighted by Gasteiger charge is 2.11. The summed E-state index contributed by atoms with van der Waals surface area (Å²) in [5.41, 5.74) is 3.80. The molecule has 0 bridgehead atoms. The summed E-state index contributed by atoms with van der Waals surface area (Å²) in [4.78, 5) is 16.2. The zero-order valence-corrected chi connectivity index (χ0v) is 14.5. The lowest BCUT2D eigenvalue weighted by Gasteiger charge is -2.04. The number of esters is 1. The van der Waals surface area contributed by atoms with E-state index < -0.39 is 5.97 Å². The highest BCUT2D eigenvalue weighted by molar-refractivity contribution is 7.12. The van der Waals surface area contributed by atoms with Gasteiger partial charge < -0.3 is 9.26 Å². The van der Waals surface area contributed by atoms with Gasteiger partial charge in [-0.15, -0.1) is 11.3 Å². The quantitative estimate of drug-likeness (QED) is 0.523. The average molecular weight is 343 g/mol. The van der Waals surface area contributed by atoms with E-state index >= 15 is 0 Å². The van der Waals surface area contributed by atoms with Crippen molar-refractivity contribution in [3.05, 3.63) is 58.2 Å². The monoisotopic (exact) mass is 343 g/mol. The molecular weight excluding hydrogens is 326 g/mol. The smallest absolute Gasteiger partial charge is 0.331 e. The first-order chi connectivity index (χ1) is 11.5. The number of rotatable bonds is 5. The fraction of sp³-hybridized carbons (Fsp3) is 0.235. The van der Waals surface area contributed by atoms with Crippen molar-refractivity contribution in [2.75, 3.05) is 0 Å². The molecule has 0 unspecified atom stereocenters. The Hall–Kier alpha value is -2.67. The van der Waals surface area contributed by atoms with Gasteiger partial charge in [-0.25, -0.2) is 9.78 Å². The minimum Gasteiger partial charge on any atom is -0.454 e. The van der Waals surface area contributed by atoms with Crippen molar-refractivity contribution in [2.45, 2.75) is 27.4 Å². The van der Waals surface area contributed by atoms with E-state index in [1.54, 1.807) is 29.7 Å². The van der Waals surface area contributed by atoms with Gasteiger partial charge in [-0.05, 0) is 38.5 Å². The Morgan fingerprint density at radius 3 is 2.88 bits per heavy atom. The van der Waals surface area contributed by atoms with Crippen LogP contribution >= 0.6 is 11.3 Å². The van der Waals surface area contributed by atoms with Gasteiger partial charge in [0.15, 0.2) is 17.5 Å². The third-order valence-electron chi connectivity index (χ3n) is 3.51. The largest absolute Gasteiger partial charge is 0.454 e. The second-order valence-electron chi connectivity index (χ2n) is 5.35. The topological polar surface area (TPSA) is 70.2 Å². The van der Waals surface area contributed by atoms with Crippen LogP contribution in [0.2, 0.25) is 0 Å². The predicted octanol–water partition coefficient (Wildman–Crippen LogP) is 3.60. The van der Waals surface area contributed by atoms with Gasteiger partial charge in [0.1, 0.15) is 0 Å². The summed E-state index contributed by atoms with van der Waals surface area (Å²) in [5.74, 6) is 0.0966. The minimum absolute atomic E-state index is 0.0716. The van der Waals surface area contributed by atoms with E-state index in [0.717, 1.165) is 27.8 Å². The Bertz CT molecular complexity index is 875. The molecule has 3 aromatic rings. The summed E-state index contributed by atoms with van der Waals surface area (Å²) in [7, 11) is 0. The lowest BCUT2D eigenvalue weighted by Crippen LogP contribution is -2.00. The molecule has 24 heavy (non-hydrogen) atoms. The third kappa shape index (κ3) is 3.46. The maximum Gasteiger partial charge on any atom is 0.331 e. The maximum absolute atomic E-state index is 11.8. The van der Waals surface area contributed by atoms with Gasteiger partial charge >= 0.3 is 5.97 Å². The number of aryl methyl sites for hydroxylation is 2. The molecular formula is C17H17N3O3S. The highest BCUT2D eigenvalue weighted by Crippen LogP contribution is 2.23. The van der Waals surface area contributed by atoms with Gasteiger partial charge in [0.2, 0.25) is 0 Å². The summed E-state index contributed by atoms with van der Waals surface area (Å²) in [6, 6.07) is 3.75. The summed E-state index contributed by atoms with van der Waals surface area (Å²) < 4.78 is 12.2. The summed E-state index contributed by atoms with van der Waals surface area (Å²) in [5, 5.41) is 6.59. The Labute approximate surface area is 143 Å². The van der Waals surface area contributed by atoms with E-state index in [9.17, 15) is 4.79 Å². The molecule has 0 aliphatic heterocycles. The van der Waals surface area contributed by atoms with Gasteiger partial charge in [0.05, 0.1) is 5.69 Å². The molecule has 0 saturated carbocycles. The first-order valence-electron chi connectivity index (χ1n) is 7.40. The number of carbonyl (C=O) groups excluding carboxylic acids is 1. The first kappa shape index (κ1) is 16.2. The molecule has 7 heteroatoms. The van der Waals surface area contributed by atoms with Crippen LogP contribution in [0.25, 0.3) is 11.2 Å². The van der Waals surface area contributed by atoms with E-state index in [2.05, 4.69) is 14.7 Å². The Morgan fingerprint density at radius 2 is 2.21 bits per heavy atom. The van der Waals surface area contributed by atoms with Crippen molar-refractivity contribution in [2.24, 2.45) is 0 Å². The molecule has 6 nitrogen and oxygen atoms in total. The van der Waals surface area contributed by atoms with Crippen LogP contribution in [0.15, 0.2) is 34.3 Å². The molecule has 124 valence electrons. The Kier molecular flexibility index (Phi) is 4.61. The van der Waals surface area contributed by atoms with E-state index in [4.69, 9.17) is 9.26 Å². The molecule has 0 radical (unpaired) electrons. The van der Waals surface area contributed by atoms with Crippen LogP contribution in [0.4, 0.5) is 0 Å². The molecule has 0 spiro atoms. The average Bonchev–Trinajstić information content (AvgIpc) is 3.25. The lowest BCUT2D eigenvalue weighted by molar-refractivity contribution is -0.139. The van der Waals surface area contributed by atoms with Crippen LogP contribution in [0, 0.1) is 20.8 Å². The molecule has 0 aliphatic rings. The first-order valence-corrected chi connectivity index (χ1v) is 8.28. The number of ether oxygens (including phenoxy) is 1. The molecule has 0 N–H and O–H groups in total. The highest BCUT2D eigenvalue weighted by atomic mass is 32.1. The molecule has 3 aromatic heterocycles. The van der Waals surface area contributed by atoms with Crippen LogP contribution in [0.5, 0.6) is 0 Å². The zero-order valence-electron chi connectivity index (χ0n) is 13.6. The summed E-state index contributed by atoms with van der Waals surface area (Å²) >= 11 is 1.57. The van der Waals surface area contributed by atoms with Crippen molar-refractivity contribution in [3.8, 4) is 5.13 Å². The number of thiazole rings is 1. The molecule has 0 amide bonds. The fourth-order valence-electron chi connectivity index (χ4n) is 2.41. The number of hydrogen-bond acceptors (Lipinski definition) is 6. The number of carbonyl (C=O) groups is 1. The summed E-state index contributed by atoms with van der Waals surface area (Å²) in [6.07, 6.45) is 4.94. The van der Waals surface area contributed by atoms with Crippen molar-refractivity contribution in [1.29, 1.82) is 0 Å². The van der Waals surface area contributed by atoms with Crippen molar-refractivity contribution in [1.82, 2.24) is 14.7 Å². The molecule has 0 aliphatic carbocycles. The normalized spacial score (nSPS) is 11.3. The van der Waals surface area contributed by atoms with E-state index in [1.165, 1.54) is 6.08 Å². The van der Waals surface area contributed by atoms with Gasteiger partial charge in [-0.2, -0.15) is 0 Å². The Morgan fingerprint density at radius 1 is 1.38 bits per heavy atom. The molecule has 0 saturated heterocycles. The molecule has 3 rings (SSSR count). The zero-order chi connectivity index (χ0) is 17.1. The van der Waals surface area contributed by atoms with E-state index in [0.29, 0.717) is 5.76 Å². The van der Waals surface area contributed by atoms with Crippen LogP contribution in [-0.4, -0.2) is 20.7 Å². The van der Waals surface area contributed by atoms with E-state index in [-0.39, 0.29) is 6.61 Å². The molecule has 0 aromatic carbocycles. The van der Waals surface area contributed by atoms with Crippen molar-refractivity contribution in [3.63, 3.8) is 0 Å². The molecule has 0 atom stereocenters. The van der Waals surface area contributed by atoms with Gasteiger partial charge in [-0.3, -0.25) is 4.57 Å². The van der Waals surface area contributed by atoms with Crippen LogP contribution in [0.1, 0.15) is 28.4 Å². The van der Waals surface area contributed by atoms with Gasteiger partial charge in [0, 0.05) is 35.1 Å². The molecule has 0 fully saturated rings. The maximum atomic E-state index is 11.8. The van der Waals surface area contributed by atoms with Gasteiger partial charge in [-0.1, -0.05) is 5.16 Å². The summed E-state index contributed by atoms with van der Waals surface area (Å²) in [6.45, 7) is 5.89.